The number of fused-ring (bicyclic) bond motifs is 12. The van der Waals surface area contributed by atoms with Crippen LogP contribution in [0.3, 0.4) is 0 Å². The van der Waals surface area contributed by atoms with Crippen LogP contribution in [0.25, 0.3) is 55.5 Å². The number of benzene rings is 7. The second-order valence-electron chi connectivity index (χ2n) is 14.6. The Balaban J connectivity index is 1.10. The first kappa shape index (κ1) is 28.8. The van der Waals surface area contributed by atoms with E-state index in [4.69, 9.17) is 4.98 Å². The molecule has 2 atom stereocenters. The zero-order chi connectivity index (χ0) is 33.5. The van der Waals surface area contributed by atoms with Crippen molar-refractivity contribution in [3.05, 3.63) is 208 Å². The third-order valence-corrected chi connectivity index (χ3v) is 11.8. The van der Waals surface area contributed by atoms with Crippen LogP contribution in [0.4, 0.5) is 0 Å². The molecule has 1 nitrogen and oxygen atoms in total. The highest BCUT2D eigenvalue weighted by Gasteiger charge is 2.30. The van der Waals surface area contributed by atoms with Gasteiger partial charge in [-0.05, 0) is 109 Å². The molecule has 240 valence electrons. The Morgan fingerprint density at radius 3 is 1.59 bits per heavy atom. The van der Waals surface area contributed by atoms with Crippen molar-refractivity contribution in [2.24, 2.45) is 0 Å². The topological polar surface area (TPSA) is 12.9 Å². The zero-order valence-electron chi connectivity index (χ0n) is 28.3. The van der Waals surface area contributed by atoms with Gasteiger partial charge in [-0.25, -0.2) is 4.98 Å². The van der Waals surface area contributed by atoms with E-state index in [9.17, 15) is 0 Å². The Bertz CT molecular complexity index is 2700. The molecule has 0 saturated carbocycles. The highest BCUT2D eigenvalue weighted by Crippen LogP contribution is 2.48. The van der Waals surface area contributed by atoms with Crippen LogP contribution >= 0.6 is 0 Å². The molecular formula is C50H35N. The van der Waals surface area contributed by atoms with Crippen molar-refractivity contribution in [2.45, 2.75) is 31.1 Å². The fourth-order valence-corrected chi connectivity index (χ4v) is 9.45. The SMILES string of the molecule is c1ccc2c(c1)CC(c1ccc3c(c1)Cc1cc4ccccc4nc1-c1ccc(C4Cc5ccccc5-c5ccccc54)cc1-3)c1ccccc1-2. The van der Waals surface area contributed by atoms with E-state index in [2.05, 4.69) is 164 Å². The van der Waals surface area contributed by atoms with Gasteiger partial charge in [0.1, 0.15) is 0 Å². The number of rotatable bonds is 2. The maximum Gasteiger partial charge on any atom is 0.0751 e. The molecule has 3 aliphatic rings. The number of hydrogen-bond donors (Lipinski definition) is 0. The summed E-state index contributed by atoms with van der Waals surface area (Å²) < 4.78 is 0. The van der Waals surface area contributed by atoms with Crippen LogP contribution < -0.4 is 0 Å². The molecule has 51 heavy (non-hydrogen) atoms. The molecule has 0 bridgehead atoms. The normalized spacial score (nSPS) is 16.4. The van der Waals surface area contributed by atoms with Gasteiger partial charge in [0.05, 0.1) is 11.2 Å². The molecule has 0 amide bonds. The average molecular weight is 650 g/mol. The third-order valence-electron chi connectivity index (χ3n) is 11.8. The summed E-state index contributed by atoms with van der Waals surface area (Å²) >= 11 is 0. The number of para-hydroxylation sites is 1. The van der Waals surface area contributed by atoms with Gasteiger partial charge in [0, 0.05) is 29.2 Å². The largest absolute Gasteiger partial charge is 0.247 e. The minimum absolute atomic E-state index is 0.287. The van der Waals surface area contributed by atoms with E-state index in [0.29, 0.717) is 5.92 Å². The van der Waals surface area contributed by atoms with E-state index in [-0.39, 0.29) is 5.92 Å². The molecule has 0 fully saturated rings. The summed E-state index contributed by atoms with van der Waals surface area (Å²) in [5.41, 5.74) is 22.6. The molecule has 11 rings (SSSR count). The van der Waals surface area contributed by atoms with Crippen molar-refractivity contribution in [1.82, 2.24) is 4.98 Å². The first-order valence-electron chi connectivity index (χ1n) is 18.3. The van der Waals surface area contributed by atoms with Crippen LogP contribution in [-0.2, 0) is 19.3 Å². The van der Waals surface area contributed by atoms with E-state index in [1.165, 1.54) is 88.8 Å². The predicted octanol–water partition coefficient (Wildman–Crippen LogP) is 12.2. The summed E-state index contributed by atoms with van der Waals surface area (Å²) in [6.07, 6.45) is 2.86. The van der Waals surface area contributed by atoms with E-state index in [1.54, 1.807) is 0 Å². The van der Waals surface area contributed by atoms with Crippen molar-refractivity contribution in [2.75, 3.05) is 0 Å². The molecule has 1 aromatic heterocycles. The monoisotopic (exact) mass is 649 g/mol. The summed E-state index contributed by atoms with van der Waals surface area (Å²) in [4.78, 5) is 5.38. The summed E-state index contributed by atoms with van der Waals surface area (Å²) in [5, 5.41) is 1.20. The van der Waals surface area contributed by atoms with Crippen molar-refractivity contribution in [1.29, 1.82) is 0 Å². The second kappa shape index (κ2) is 11.2. The third kappa shape index (κ3) is 4.51. The average Bonchev–Trinajstić information content (AvgIpc) is 3.32. The predicted molar refractivity (Wildman–Crippen MR) is 210 cm³/mol. The van der Waals surface area contributed by atoms with Gasteiger partial charge in [-0.2, -0.15) is 0 Å². The highest BCUT2D eigenvalue weighted by atomic mass is 14.7. The Hall–Kier alpha value is -6.05. The lowest BCUT2D eigenvalue weighted by molar-refractivity contribution is 0.792. The van der Waals surface area contributed by atoms with Gasteiger partial charge in [0.2, 0.25) is 0 Å². The summed E-state index contributed by atoms with van der Waals surface area (Å²) in [7, 11) is 0. The number of aromatic nitrogens is 1. The molecular weight excluding hydrogens is 615 g/mol. The number of nitrogens with zero attached hydrogens (tertiary/aromatic N) is 1. The van der Waals surface area contributed by atoms with Crippen molar-refractivity contribution < 1.29 is 0 Å². The zero-order valence-corrected chi connectivity index (χ0v) is 28.3. The highest BCUT2D eigenvalue weighted by molar-refractivity contribution is 5.92. The van der Waals surface area contributed by atoms with E-state index >= 15 is 0 Å². The Morgan fingerprint density at radius 1 is 0.373 bits per heavy atom. The molecule has 0 radical (unpaired) electrons. The fraction of sp³-hybridized carbons (Fsp3) is 0.100. The smallest absolute Gasteiger partial charge is 0.0751 e. The first-order valence-corrected chi connectivity index (χ1v) is 18.3. The molecule has 0 N–H and O–H groups in total. The van der Waals surface area contributed by atoms with Crippen molar-refractivity contribution in [3.63, 3.8) is 0 Å². The fourth-order valence-electron chi connectivity index (χ4n) is 9.45. The molecule has 8 aromatic rings. The summed E-state index contributed by atoms with van der Waals surface area (Å²) in [6, 6.07) is 61.5. The van der Waals surface area contributed by atoms with Gasteiger partial charge < -0.3 is 0 Å². The van der Waals surface area contributed by atoms with Gasteiger partial charge in [-0.15, -0.1) is 0 Å². The molecule has 7 aromatic carbocycles. The van der Waals surface area contributed by atoms with Crippen LogP contribution in [0.2, 0.25) is 0 Å². The van der Waals surface area contributed by atoms with Crippen molar-refractivity contribution >= 4 is 10.9 Å². The maximum absolute atomic E-state index is 5.38. The van der Waals surface area contributed by atoms with Crippen LogP contribution in [0.15, 0.2) is 164 Å². The van der Waals surface area contributed by atoms with E-state index < -0.39 is 0 Å². The Labute approximate surface area is 298 Å². The lowest BCUT2D eigenvalue weighted by atomic mass is 9.74. The molecule has 1 heteroatoms. The van der Waals surface area contributed by atoms with Crippen LogP contribution in [-0.4, -0.2) is 4.98 Å². The molecule has 3 aliphatic carbocycles. The molecule has 1 heterocycles. The summed E-state index contributed by atoms with van der Waals surface area (Å²) in [5.74, 6) is 0.596. The quantitative estimate of drug-likeness (QED) is 0.182. The molecule has 0 aliphatic heterocycles. The van der Waals surface area contributed by atoms with Crippen molar-refractivity contribution in [3.8, 4) is 44.6 Å². The maximum atomic E-state index is 5.38. The van der Waals surface area contributed by atoms with E-state index in [0.717, 1.165) is 30.5 Å². The van der Waals surface area contributed by atoms with Gasteiger partial charge in [0.15, 0.2) is 0 Å². The van der Waals surface area contributed by atoms with Crippen LogP contribution in [0, 0.1) is 0 Å². The van der Waals surface area contributed by atoms with Crippen LogP contribution in [0.1, 0.15) is 56.3 Å². The second-order valence-corrected chi connectivity index (χ2v) is 14.6. The van der Waals surface area contributed by atoms with Gasteiger partial charge >= 0.3 is 0 Å². The molecule has 0 spiro atoms. The number of hydrogen-bond acceptors (Lipinski definition) is 1. The lowest BCUT2D eigenvalue weighted by Gasteiger charge is -2.29. The van der Waals surface area contributed by atoms with Crippen LogP contribution in [0.5, 0.6) is 0 Å². The minimum Gasteiger partial charge on any atom is -0.247 e. The van der Waals surface area contributed by atoms with Gasteiger partial charge in [-0.1, -0.05) is 146 Å². The standard InChI is InChI=1S/C50H35N/c1-4-14-38-31(11-1)28-46(43-18-8-6-16-41(38)43)33-21-23-40-36(25-33)27-37-26-35-13-3-10-20-49(35)51-50(37)45-24-22-34(30-48(40)45)47-29-32-12-2-5-15-39(32)42-17-7-9-19-44(42)47/h1-26,30,46-47H,27-29H2. The lowest BCUT2D eigenvalue weighted by Crippen LogP contribution is -2.13. The van der Waals surface area contributed by atoms with Gasteiger partial charge in [-0.3, -0.25) is 0 Å². The Morgan fingerprint density at radius 2 is 0.902 bits per heavy atom. The first-order chi connectivity index (χ1) is 25.3. The molecule has 0 saturated heterocycles. The van der Waals surface area contributed by atoms with E-state index in [1.807, 2.05) is 0 Å². The molecule has 2 unspecified atom stereocenters. The van der Waals surface area contributed by atoms with Gasteiger partial charge in [0.25, 0.3) is 0 Å². The minimum atomic E-state index is 0.287. The Kier molecular flexibility index (Phi) is 6.33. The summed E-state index contributed by atoms with van der Waals surface area (Å²) in [6.45, 7) is 0. The number of pyridine rings is 1.